The van der Waals surface area contributed by atoms with E-state index in [9.17, 15) is 0 Å². The van der Waals surface area contributed by atoms with Crippen molar-refractivity contribution in [1.29, 1.82) is 0 Å². The highest BCUT2D eigenvalue weighted by molar-refractivity contribution is 5.79. The van der Waals surface area contributed by atoms with Gasteiger partial charge in [-0.05, 0) is 44.4 Å². The third-order valence-electron chi connectivity index (χ3n) is 4.30. The van der Waals surface area contributed by atoms with Gasteiger partial charge in [0.25, 0.3) is 0 Å². The highest BCUT2D eigenvalue weighted by Crippen LogP contribution is 2.28. The number of ether oxygens (including phenoxy) is 2. The van der Waals surface area contributed by atoms with E-state index in [2.05, 4.69) is 31.8 Å². The maximum Gasteiger partial charge on any atom is 0.232 e. The largest absolute Gasteiger partial charge is 0.493 e. The van der Waals surface area contributed by atoms with Crippen molar-refractivity contribution < 1.29 is 14.0 Å². The molecule has 0 aliphatic rings. The Morgan fingerprint density at radius 1 is 1.17 bits per heavy atom. The molecule has 0 aliphatic heterocycles. The number of aliphatic imine (C=N–C) groups is 1. The fourth-order valence-corrected chi connectivity index (χ4v) is 2.76. The lowest BCUT2D eigenvalue weighted by atomic mass is 9.97. The summed E-state index contributed by atoms with van der Waals surface area (Å²) in [4.78, 5) is 8.98. The quantitative estimate of drug-likeness (QED) is 0.347. The van der Waals surface area contributed by atoms with Crippen LogP contribution in [0, 0.1) is 0 Å². The Balaban J connectivity index is 1.86. The average Bonchev–Trinajstić information content (AvgIpc) is 3.19. The smallest absolute Gasteiger partial charge is 0.232 e. The number of aryl methyl sites for hydroxylation is 1. The van der Waals surface area contributed by atoms with Crippen molar-refractivity contribution in [2.45, 2.75) is 59.4 Å². The molecular weight excluding hydrogens is 382 g/mol. The molecule has 0 radical (unpaired) electrons. The van der Waals surface area contributed by atoms with Crippen LogP contribution in [0.25, 0.3) is 0 Å². The number of benzene rings is 1. The van der Waals surface area contributed by atoms with Gasteiger partial charge in [0.15, 0.2) is 23.3 Å². The minimum atomic E-state index is -0.165. The molecule has 0 amide bonds. The molecule has 1 aromatic carbocycles. The zero-order chi connectivity index (χ0) is 22.0. The summed E-state index contributed by atoms with van der Waals surface area (Å²) in [5.41, 5.74) is 1.05. The second-order valence-corrected chi connectivity index (χ2v) is 7.91. The highest BCUT2D eigenvalue weighted by atomic mass is 16.5. The van der Waals surface area contributed by atoms with Crippen LogP contribution < -0.4 is 20.1 Å². The second-order valence-electron chi connectivity index (χ2n) is 7.91. The van der Waals surface area contributed by atoms with Gasteiger partial charge in [-0.3, -0.25) is 0 Å². The first-order chi connectivity index (χ1) is 14.4. The van der Waals surface area contributed by atoms with Gasteiger partial charge in [-0.2, -0.15) is 4.98 Å². The lowest BCUT2D eigenvalue weighted by Crippen LogP contribution is -2.37. The minimum absolute atomic E-state index is 0.165. The Morgan fingerprint density at radius 3 is 2.60 bits per heavy atom. The molecule has 0 unspecified atom stereocenters. The monoisotopic (exact) mass is 417 g/mol. The van der Waals surface area contributed by atoms with Gasteiger partial charge in [0.1, 0.15) is 6.54 Å². The zero-order valence-corrected chi connectivity index (χ0v) is 19.0. The number of nitrogens with one attached hydrogen (secondary N) is 2. The van der Waals surface area contributed by atoms with Crippen LogP contribution in [0.4, 0.5) is 0 Å². The lowest BCUT2D eigenvalue weighted by molar-refractivity contribution is 0.310. The summed E-state index contributed by atoms with van der Waals surface area (Å²) >= 11 is 0. The van der Waals surface area contributed by atoms with Crippen LogP contribution in [0.1, 0.15) is 58.3 Å². The summed E-state index contributed by atoms with van der Waals surface area (Å²) in [6, 6.07) is 6.07. The number of methoxy groups -OCH3 is 1. The van der Waals surface area contributed by atoms with Crippen molar-refractivity contribution in [2.75, 3.05) is 26.8 Å². The van der Waals surface area contributed by atoms with Crippen molar-refractivity contribution in [1.82, 2.24) is 20.8 Å². The Morgan fingerprint density at radius 2 is 1.97 bits per heavy atom. The maximum absolute atomic E-state index is 5.65. The predicted octanol–water partition coefficient (Wildman–Crippen LogP) is 3.46. The standard InChI is InChI=1S/C22H35N5O3/c1-7-23-21(25-15-19-26-20(30-27-19)22(3,4)5)24-13-9-10-16-11-12-17(28-6)18(14-16)29-8-2/h11-12,14H,7-10,13,15H2,1-6H3,(H2,23,24,25). The molecule has 0 aliphatic carbocycles. The summed E-state index contributed by atoms with van der Waals surface area (Å²) in [5.74, 6) is 3.49. The van der Waals surface area contributed by atoms with Gasteiger partial charge in [-0.25, -0.2) is 4.99 Å². The van der Waals surface area contributed by atoms with E-state index in [-0.39, 0.29) is 5.41 Å². The Labute approximate surface area is 179 Å². The Hall–Kier alpha value is -2.77. The van der Waals surface area contributed by atoms with Crippen molar-refractivity contribution in [3.63, 3.8) is 0 Å². The van der Waals surface area contributed by atoms with E-state index in [0.29, 0.717) is 24.9 Å². The number of nitrogens with zero attached hydrogens (tertiary/aromatic N) is 3. The summed E-state index contributed by atoms with van der Waals surface area (Å²) in [6.07, 6.45) is 1.88. The van der Waals surface area contributed by atoms with Gasteiger partial charge in [0, 0.05) is 18.5 Å². The minimum Gasteiger partial charge on any atom is -0.493 e. The second kappa shape index (κ2) is 11.4. The van der Waals surface area contributed by atoms with Crippen LogP contribution in [-0.2, 0) is 18.4 Å². The molecule has 0 bridgehead atoms. The number of rotatable bonds is 10. The molecule has 166 valence electrons. The molecule has 2 N–H and O–H groups in total. The van der Waals surface area contributed by atoms with Crippen molar-refractivity contribution in [2.24, 2.45) is 4.99 Å². The summed E-state index contributed by atoms with van der Waals surface area (Å²) in [5, 5.41) is 10.6. The normalized spacial score (nSPS) is 12.0. The molecule has 0 saturated carbocycles. The van der Waals surface area contributed by atoms with E-state index < -0.39 is 0 Å². The van der Waals surface area contributed by atoms with Crippen LogP contribution in [-0.4, -0.2) is 42.9 Å². The Bertz CT molecular complexity index is 811. The number of guanidine groups is 1. The average molecular weight is 418 g/mol. The van der Waals surface area contributed by atoms with Gasteiger partial charge in [0.05, 0.1) is 13.7 Å². The molecule has 8 heteroatoms. The fraction of sp³-hybridized carbons (Fsp3) is 0.591. The molecule has 2 aromatic rings. The first kappa shape index (κ1) is 23.5. The summed E-state index contributed by atoms with van der Waals surface area (Å²) < 4.78 is 16.3. The number of hydrogen-bond acceptors (Lipinski definition) is 6. The van der Waals surface area contributed by atoms with E-state index in [0.717, 1.165) is 43.4 Å². The maximum atomic E-state index is 5.65. The van der Waals surface area contributed by atoms with Gasteiger partial charge >= 0.3 is 0 Å². The first-order valence-electron chi connectivity index (χ1n) is 10.5. The van der Waals surface area contributed by atoms with Crippen LogP contribution >= 0.6 is 0 Å². The van der Waals surface area contributed by atoms with E-state index in [4.69, 9.17) is 14.0 Å². The molecule has 0 fully saturated rings. The third kappa shape index (κ3) is 7.24. The topological polar surface area (TPSA) is 93.8 Å². The molecule has 1 heterocycles. The number of hydrogen-bond donors (Lipinski definition) is 2. The third-order valence-corrected chi connectivity index (χ3v) is 4.30. The SMILES string of the molecule is CCNC(=NCc1noc(C(C)(C)C)n1)NCCCc1ccc(OC)c(OCC)c1. The molecule has 0 saturated heterocycles. The molecule has 2 rings (SSSR count). The molecule has 30 heavy (non-hydrogen) atoms. The van der Waals surface area contributed by atoms with E-state index in [1.807, 2.05) is 46.8 Å². The van der Waals surface area contributed by atoms with Crippen LogP contribution in [0.2, 0.25) is 0 Å². The molecular formula is C22H35N5O3. The van der Waals surface area contributed by atoms with Crippen molar-refractivity contribution in [3.8, 4) is 11.5 Å². The van der Waals surface area contributed by atoms with E-state index in [1.165, 1.54) is 5.56 Å². The molecule has 0 atom stereocenters. The van der Waals surface area contributed by atoms with Crippen LogP contribution in [0.5, 0.6) is 11.5 Å². The summed E-state index contributed by atoms with van der Waals surface area (Å²) in [7, 11) is 1.65. The molecule has 8 nitrogen and oxygen atoms in total. The summed E-state index contributed by atoms with van der Waals surface area (Å²) in [6.45, 7) is 12.7. The zero-order valence-electron chi connectivity index (χ0n) is 19.0. The van der Waals surface area contributed by atoms with Gasteiger partial charge < -0.3 is 24.6 Å². The van der Waals surface area contributed by atoms with Crippen LogP contribution in [0.15, 0.2) is 27.7 Å². The Kier molecular flexibility index (Phi) is 8.95. The van der Waals surface area contributed by atoms with Crippen LogP contribution in [0.3, 0.4) is 0 Å². The van der Waals surface area contributed by atoms with Gasteiger partial charge in [-0.15, -0.1) is 0 Å². The predicted molar refractivity (Wildman–Crippen MR) is 118 cm³/mol. The lowest BCUT2D eigenvalue weighted by Gasteiger charge is -2.12. The van der Waals surface area contributed by atoms with Crippen molar-refractivity contribution >= 4 is 5.96 Å². The van der Waals surface area contributed by atoms with E-state index >= 15 is 0 Å². The number of aromatic nitrogens is 2. The molecule has 0 spiro atoms. The van der Waals surface area contributed by atoms with Gasteiger partial charge in [0.2, 0.25) is 5.89 Å². The highest BCUT2D eigenvalue weighted by Gasteiger charge is 2.21. The fourth-order valence-electron chi connectivity index (χ4n) is 2.76. The van der Waals surface area contributed by atoms with Crippen molar-refractivity contribution in [3.05, 3.63) is 35.5 Å². The van der Waals surface area contributed by atoms with Gasteiger partial charge in [-0.1, -0.05) is 32.0 Å². The first-order valence-corrected chi connectivity index (χ1v) is 10.5. The molecule has 1 aromatic heterocycles. The van der Waals surface area contributed by atoms with E-state index in [1.54, 1.807) is 7.11 Å².